The van der Waals surface area contributed by atoms with Crippen molar-refractivity contribution < 1.29 is 0 Å². The number of hydrogen-bond acceptors (Lipinski definition) is 3. The van der Waals surface area contributed by atoms with Crippen LogP contribution in [0.25, 0.3) is 0 Å². The van der Waals surface area contributed by atoms with Crippen LogP contribution in [-0.4, -0.2) is 36.1 Å². The zero-order chi connectivity index (χ0) is 23.6. The molecule has 2 heterocycles. The van der Waals surface area contributed by atoms with E-state index in [0.717, 1.165) is 43.7 Å². The van der Waals surface area contributed by atoms with E-state index in [4.69, 9.17) is 0 Å². The third-order valence-electron chi connectivity index (χ3n) is 7.73. The highest BCUT2D eigenvalue weighted by Crippen LogP contribution is 2.46. The Bertz CT molecular complexity index is 847. The van der Waals surface area contributed by atoms with Gasteiger partial charge in [-0.15, -0.1) is 0 Å². The van der Waals surface area contributed by atoms with Gasteiger partial charge in [0.25, 0.3) is 0 Å². The van der Waals surface area contributed by atoms with Gasteiger partial charge in [0.05, 0.1) is 11.3 Å². The molecule has 2 aliphatic rings. The first-order valence-electron chi connectivity index (χ1n) is 12.7. The fraction of sp³-hybridized carbons (Fsp3) is 0.690. The van der Waals surface area contributed by atoms with Crippen LogP contribution in [0, 0.1) is 22.2 Å². The van der Waals surface area contributed by atoms with E-state index in [2.05, 4.69) is 82.5 Å². The molecule has 32 heavy (non-hydrogen) atoms. The van der Waals surface area contributed by atoms with Crippen LogP contribution in [0.2, 0.25) is 0 Å². The van der Waals surface area contributed by atoms with E-state index >= 15 is 0 Å². The van der Waals surface area contributed by atoms with E-state index in [9.17, 15) is 5.26 Å². The van der Waals surface area contributed by atoms with Gasteiger partial charge in [-0.1, -0.05) is 64.8 Å². The fourth-order valence-electron chi connectivity index (χ4n) is 6.33. The molecule has 0 bridgehead atoms. The Morgan fingerprint density at radius 3 is 2.31 bits per heavy atom. The van der Waals surface area contributed by atoms with Crippen LogP contribution in [0.5, 0.6) is 0 Å². The number of para-hydroxylation sites is 1. The lowest BCUT2D eigenvalue weighted by atomic mass is 9.68. The first-order chi connectivity index (χ1) is 15.0. The standard InChI is InChI=1S/C29H45N3/c1-8-9-13-24-19-27(2,3)22-32(29(6,7)21-28(24,4)5)25-15-17-31(18-16-25)26-14-11-10-12-23(26)20-30/h10-12,14,19,25H,8-9,13,15-18,21-22H2,1-7H3/b24-19-. The molecule has 1 saturated heterocycles. The van der Waals surface area contributed by atoms with Gasteiger partial charge in [-0.25, -0.2) is 0 Å². The number of allylic oxidation sites excluding steroid dienone is 1. The second kappa shape index (κ2) is 9.60. The summed E-state index contributed by atoms with van der Waals surface area (Å²) in [5, 5.41) is 9.52. The number of anilines is 1. The van der Waals surface area contributed by atoms with Crippen LogP contribution in [0.4, 0.5) is 5.69 Å². The lowest BCUT2D eigenvalue weighted by Gasteiger charge is -2.53. The van der Waals surface area contributed by atoms with Gasteiger partial charge in [0.2, 0.25) is 0 Å². The molecule has 0 amide bonds. The van der Waals surface area contributed by atoms with Crippen molar-refractivity contribution in [2.45, 2.75) is 98.6 Å². The van der Waals surface area contributed by atoms with Crippen LogP contribution in [0.3, 0.4) is 0 Å². The number of nitriles is 1. The van der Waals surface area contributed by atoms with Crippen molar-refractivity contribution in [2.24, 2.45) is 10.8 Å². The predicted molar refractivity (Wildman–Crippen MR) is 137 cm³/mol. The molecule has 0 aliphatic carbocycles. The molecule has 1 fully saturated rings. The molecule has 0 atom stereocenters. The summed E-state index contributed by atoms with van der Waals surface area (Å²) in [6.45, 7) is 20.2. The maximum absolute atomic E-state index is 9.52. The number of hydrogen-bond donors (Lipinski definition) is 0. The molecule has 0 aromatic heterocycles. The number of unbranched alkanes of at least 4 members (excludes halogenated alkanes) is 1. The van der Waals surface area contributed by atoms with Gasteiger partial charge in [0.1, 0.15) is 6.07 Å². The van der Waals surface area contributed by atoms with E-state index in [0.29, 0.717) is 6.04 Å². The van der Waals surface area contributed by atoms with Crippen molar-refractivity contribution in [3.63, 3.8) is 0 Å². The molecule has 3 heteroatoms. The van der Waals surface area contributed by atoms with Gasteiger partial charge in [-0.2, -0.15) is 5.26 Å². The van der Waals surface area contributed by atoms with Crippen molar-refractivity contribution in [1.29, 1.82) is 5.26 Å². The van der Waals surface area contributed by atoms with Gasteiger partial charge >= 0.3 is 0 Å². The minimum Gasteiger partial charge on any atom is -0.370 e. The Kier molecular flexibility index (Phi) is 7.45. The largest absolute Gasteiger partial charge is 0.370 e. The summed E-state index contributed by atoms with van der Waals surface area (Å²) < 4.78 is 0. The molecule has 176 valence electrons. The number of benzene rings is 1. The molecule has 0 N–H and O–H groups in total. The highest BCUT2D eigenvalue weighted by Gasteiger charge is 2.43. The molecule has 3 rings (SSSR count). The fourth-order valence-corrected chi connectivity index (χ4v) is 6.33. The summed E-state index contributed by atoms with van der Waals surface area (Å²) in [5.41, 5.74) is 4.11. The van der Waals surface area contributed by atoms with Gasteiger partial charge in [-0.05, 0) is 68.9 Å². The molecule has 0 unspecified atom stereocenters. The molecule has 3 nitrogen and oxygen atoms in total. The Morgan fingerprint density at radius 2 is 1.69 bits per heavy atom. The average molecular weight is 436 g/mol. The van der Waals surface area contributed by atoms with Crippen molar-refractivity contribution in [1.82, 2.24) is 4.90 Å². The Hall–Kier alpha value is -1.79. The average Bonchev–Trinajstić information content (AvgIpc) is 2.73. The van der Waals surface area contributed by atoms with E-state index in [-0.39, 0.29) is 16.4 Å². The minimum atomic E-state index is 0.157. The zero-order valence-electron chi connectivity index (χ0n) is 21.7. The molecule has 0 radical (unpaired) electrons. The van der Waals surface area contributed by atoms with Gasteiger partial charge in [0.15, 0.2) is 0 Å². The summed E-state index contributed by atoms with van der Waals surface area (Å²) in [5.74, 6) is 0. The van der Waals surface area contributed by atoms with Gasteiger partial charge in [0, 0.05) is 31.2 Å². The zero-order valence-corrected chi connectivity index (χ0v) is 21.7. The first-order valence-corrected chi connectivity index (χ1v) is 12.7. The first kappa shape index (κ1) is 24.8. The quantitative estimate of drug-likeness (QED) is 0.459. The lowest BCUT2D eigenvalue weighted by molar-refractivity contribution is 0.00241. The summed E-state index contributed by atoms with van der Waals surface area (Å²) in [6, 6.07) is 11.0. The highest BCUT2D eigenvalue weighted by atomic mass is 15.3. The molecule has 0 saturated carbocycles. The topological polar surface area (TPSA) is 30.3 Å². The van der Waals surface area contributed by atoms with Crippen molar-refractivity contribution in [2.75, 3.05) is 24.5 Å². The van der Waals surface area contributed by atoms with E-state index in [1.54, 1.807) is 5.57 Å². The molecular formula is C29H45N3. The maximum atomic E-state index is 9.52. The molecule has 1 aromatic rings. The SMILES string of the molecule is CCCC/C1=C/C(C)(C)CN(C2CCN(c3ccccc3C#N)CC2)C(C)(C)CC1(C)C. The maximum Gasteiger partial charge on any atom is 0.101 e. The number of rotatable bonds is 5. The van der Waals surface area contributed by atoms with Crippen molar-refractivity contribution >= 4 is 5.69 Å². The second-order valence-electron chi connectivity index (χ2n) is 12.1. The Balaban J connectivity index is 1.81. The third-order valence-corrected chi connectivity index (χ3v) is 7.73. The van der Waals surface area contributed by atoms with E-state index in [1.807, 2.05) is 12.1 Å². The monoisotopic (exact) mass is 435 g/mol. The van der Waals surface area contributed by atoms with Gasteiger partial charge < -0.3 is 4.90 Å². The lowest BCUT2D eigenvalue weighted by Crippen LogP contribution is -2.58. The normalized spacial score (nSPS) is 25.3. The van der Waals surface area contributed by atoms with E-state index < -0.39 is 0 Å². The third kappa shape index (κ3) is 5.57. The second-order valence-corrected chi connectivity index (χ2v) is 12.1. The van der Waals surface area contributed by atoms with Crippen LogP contribution >= 0.6 is 0 Å². The Labute approximate surface area is 197 Å². The highest BCUT2D eigenvalue weighted by molar-refractivity contribution is 5.59. The van der Waals surface area contributed by atoms with Crippen LogP contribution in [0.1, 0.15) is 92.6 Å². The molecule has 0 spiro atoms. The van der Waals surface area contributed by atoms with Crippen LogP contribution in [0.15, 0.2) is 35.9 Å². The smallest absolute Gasteiger partial charge is 0.101 e. The van der Waals surface area contributed by atoms with Gasteiger partial charge in [-0.3, -0.25) is 4.90 Å². The minimum absolute atomic E-state index is 0.157. The Morgan fingerprint density at radius 1 is 1.03 bits per heavy atom. The van der Waals surface area contributed by atoms with Crippen LogP contribution < -0.4 is 4.90 Å². The molecule has 2 aliphatic heterocycles. The number of piperidine rings is 1. The summed E-state index contributed by atoms with van der Waals surface area (Å²) in [6.07, 6.45) is 9.93. The van der Waals surface area contributed by atoms with Crippen molar-refractivity contribution in [3.8, 4) is 6.07 Å². The van der Waals surface area contributed by atoms with Crippen LogP contribution in [-0.2, 0) is 0 Å². The molecular weight excluding hydrogens is 390 g/mol. The summed E-state index contributed by atoms with van der Waals surface area (Å²) in [4.78, 5) is 5.26. The number of nitrogens with zero attached hydrogens (tertiary/aromatic N) is 3. The summed E-state index contributed by atoms with van der Waals surface area (Å²) >= 11 is 0. The van der Waals surface area contributed by atoms with E-state index in [1.165, 1.54) is 25.7 Å². The molecule has 1 aromatic carbocycles. The predicted octanol–water partition coefficient (Wildman–Crippen LogP) is 7.18. The van der Waals surface area contributed by atoms with Crippen molar-refractivity contribution in [3.05, 3.63) is 41.5 Å². The summed E-state index contributed by atoms with van der Waals surface area (Å²) in [7, 11) is 0.